The molecule has 0 spiro atoms. The standard InChI is InChI=1S/C15H18N4O/c16-14-7-9-19(17-14)11-10-18-8-3-5-12-4-1-2-6-13(12)15(18)20/h1-2,4,6-7,9H,3,5,8,10-11H2,(H2,16,17). The fourth-order valence-electron chi connectivity index (χ4n) is 2.62. The molecule has 2 heterocycles. The Hall–Kier alpha value is -2.30. The zero-order valence-electron chi connectivity index (χ0n) is 11.3. The van der Waals surface area contributed by atoms with Gasteiger partial charge in [-0.2, -0.15) is 5.10 Å². The Balaban J connectivity index is 1.72. The Labute approximate surface area is 118 Å². The van der Waals surface area contributed by atoms with E-state index >= 15 is 0 Å². The normalized spacial score (nSPS) is 15.0. The van der Waals surface area contributed by atoms with Crippen molar-refractivity contribution >= 4 is 11.7 Å². The van der Waals surface area contributed by atoms with Crippen LogP contribution in [0, 0.1) is 0 Å². The van der Waals surface area contributed by atoms with Gasteiger partial charge in [-0.1, -0.05) is 18.2 Å². The average molecular weight is 270 g/mol. The smallest absolute Gasteiger partial charge is 0.254 e. The number of anilines is 1. The Morgan fingerprint density at radius 2 is 2.05 bits per heavy atom. The maximum atomic E-state index is 12.5. The van der Waals surface area contributed by atoms with Crippen LogP contribution in [-0.4, -0.2) is 33.7 Å². The van der Waals surface area contributed by atoms with Crippen molar-refractivity contribution in [1.82, 2.24) is 14.7 Å². The SMILES string of the molecule is Nc1ccn(CCN2CCCc3ccccc3C2=O)n1. The van der Waals surface area contributed by atoms with E-state index in [4.69, 9.17) is 5.73 Å². The maximum absolute atomic E-state index is 12.5. The largest absolute Gasteiger partial charge is 0.382 e. The molecule has 0 saturated heterocycles. The van der Waals surface area contributed by atoms with Gasteiger partial charge in [0.25, 0.3) is 5.91 Å². The quantitative estimate of drug-likeness (QED) is 0.920. The third-order valence-electron chi connectivity index (χ3n) is 3.67. The van der Waals surface area contributed by atoms with Gasteiger partial charge >= 0.3 is 0 Å². The lowest BCUT2D eigenvalue weighted by Crippen LogP contribution is -2.34. The van der Waals surface area contributed by atoms with Crippen LogP contribution < -0.4 is 5.73 Å². The van der Waals surface area contributed by atoms with E-state index in [0.717, 1.165) is 30.5 Å². The topological polar surface area (TPSA) is 64.2 Å². The number of rotatable bonds is 3. The lowest BCUT2D eigenvalue weighted by molar-refractivity contribution is 0.0754. The van der Waals surface area contributed by atoms with Crippen LogP contribution in [0.1, 0.15) is 22.3 Å². The lowest BCUT2D eigenvalue weighted by atomic mass is 10.0. The van der Waals surface area contributed by atoms with E-state index in [-0.39, 0.29) is 5.91 Å². The first-order valence-corrected chi connectivity index (χ1v) is 6.90. The molecule has 1 aliphatic heterocycles. The van der Waals surface area contributed by atoms with Gasteiger partial charge in [0.15, 0.2) is 0 Å². The number of aryl methyl sites for hydroxylation is 1. The van der Waals surface area contributed by atoms with E-state index in [1.54, 1.807) is 10.7 Å². The van der Waals surface area contributed by atoms with Crippen molar-refractivity contribution < 1.29 is 4.79 Å². The minimum atomic E-state index is 0.123. The highest BCUT2D eigenvalue weighted by Gasteiger charge is 2.21. The molecule has 0 fully saturated rings. The predicted octanol–water partition coefficient (Wildman–Crippen LogP) is 1.55. The molecule has 1 aliphatic rings. The number of fused-ring (bicyclic) bond motifs is 1. The summed E-state index contributed by atoms with van der Waals surface area (Å²) in [6.45, 7) is 2.13. The van der Waals surface area contributed by atoms with Crippen molar-refractivity contribution in [3.63, 3.8) is 0 Å². The van der Waals surface area contributed by atoms with Crippen molar-refractivity contribution in [2.24, 2.45) is 0 Å². The van der Waals surface area contributed by atoms with E-state index in [1.165, 1.54) is 0 Å². The van der Waals surface area contributed by atoms with Gasteiger partial charge in [-0.3, -0.25) is 9.48 Å². The number of hydrogen-bond donors (Lipinski definition) is 1. The zero-order valence-corrected chi connectivity index (χ0v) is 11.3. The molecule has 0 radical (unpaired) electrons. The highest BCUT2D eigenvalue weighted by Crippen LogP contribution is 2.18. The van der Waals surface area contributed by atoms with Crippen molar-refractivity contribution in [1.29, 1.82) is 0 Å². The van der Waals surface area contributed by atoms with E-state index in [0.29, 0.717) is 18.9 Å². The molecular formula is C15H18N4O. The van der Waals surface area contributed by atoms with Gasteiger partial charge in [-0.25, -0.2) is 0 Å². The summed E-state index contributed by atoms with van der Waals surface area (Å²) in [5.41, 5.74) is 7.58. The molecule has 104 valence electrons. The average Bonchev–Trinajstić information content (AvgIpc) is 2.80. The second kappa shape index (κ2) is 5.36. The molecule has 2 aromatic rings. The number of carbonyl (C=O) groups excluding carboxylic acids is 1. The van der Waals surface area contributed by atoms with Crippen LogP contribution in [0.15, 0.2) is 36.5 Å². The Morgan fingerprint density at radius 1 is 1.20 bits per heavy atom. The third kappa shape index (κ3) is 2.52. The van der Waals surface area contributed by atoms with Crippen LogP contribution in [0.3, 0.4) is 0 Å². The van der Waals surface area contributed by atoms with Crippen molar-refractivity contribution in [2.45, 2.75) is 19.4 Å². The molecular weight excluding hydrogens is 252 g/mol. The molecule has 0 saturated carbocycles. The van der Waals surface area contributed by atoms with Crippen molar-refractivity contribution in [3.05, 3.63) is 47.7 Å². The number of amides is 1. The van der Waals surface area contributed by atoms with Crippen molar-refractivity contribution in [2.75, 3.05) is 18.8 Å². The maximum Gasteiger partial charge on any atom is 0.254 e. The van der Waals surface area contributed by atoms with Crippen LogP contribution in [0.5, 0.6) is 0 Å². The summed E-state index contributed by atoms with van der Waals surface area (Å²) < 4.78 is 1.78. The number of nitrogens with two attached hydrogens (primary N) is 1. The summed E-state index contributed by atoms with van der Waals surface area (Å²) in [6.07, 6.45) is 3.81. The Morgan fingerprint density at radius 3 is 2.85 bits per heavy atom. The molecule has 3 rings (SSSR count). The predicted molar refractivity (Wildman–Crippen MR) is 77.3 cm³/mol. The molecule has 0 unspecified atom stereocenters. The molecule has 1 amide bonds. The molecule has 0 atom stereocenters. The van der Waals surface area contributed by atoms with Gasteiger partial charge in [0.05, 0.1) is 6.54 Å². The van der Waals surface area contributed by atoms with E-state index < -0.39 is 0 Å². The summed E-state index contributed by atoms with van der Waals surface area (Å²) in [7, 11) is 0. The number of aromatic nitrogens is 2. The number of carbonyl (C=O) groups is 1. The molecule has 1 aromatic heterocycles. The minimum absolute atomic E-state index is 0.123. The summed E-state index contributed by atoms with van der Waals surface area (Å²) in [6, 6.07) is 9.65. The molecule has 20 heavy (non-hydrogen) atoms. The fourth-order valence-corrected chi connectivity index (χ4v) is 2.62. The second-order valence-corrected chi connectivity index (χ2v) is 5.06. The molecule has 5 heteroatoms. The second-order valence-electron chi connectivity index (χ2n) is 5.06. The van der Waals surface area contributed by atoms with E-state index in [1.807, 2.05) is 35.4 Å². The van der Waals surface area contributed by atoms with Gasteiger partial charge in [0, 0.05) is 24.8 Å². The lowest BCUT2D eigenvalue weighted by Gasteiger charge is -2.20. The van der Waals surface area contributed by atoms with Gasteiger partial charge < -0.3 is 10.6 Å². The highest BCUT2D eigenvalue weighted by molar-refractivity contribution is 5.96. The zero-order chi connectivity index (χ0) is 13.9. The molecule has 0 bridgehead atoms. The highest BCUT2D eigenvalue weighted by atomic mass is 16.2. The van der Waals surface area contributed by atoms with Gasteiger partial charge in [0.2, 0.25) is 0 Å². The number of nitrogens with zero attached hydrogens (tertiary/aromatic N) is 3. The summed E-state index contributed by atoms with van der Waals surface area (Å²) in [5.74, 6) is 0.635. The van der Waals surface area contributed by atoms with Crippen LogP contribution >= 0.6 is 0 Å². The van der Waals surface area contributed by atoms with Crippen molar-refractivity contribution in [3.8, 4) is 0 Å². The molecule has 1 aromatic carbocycles. The molecule has 2 N–H and O–H groups in total. The number of hydrogen-bond acceptors (Lipinski definition) is 3. The first-order valence-electron chi connectivity index (χ1n) is 6.90. The minimum Gasteiger partial charge on any atom is -0.382 e. The number of benzene rings is 1. The Kier molecular flexibility index (Phi) is 3.41. The Bertz CT molecular complexity index is 620. The summed E-state index contributed by atoms with van der Waals surface area (Å²) in [4.78, 5) is 14.4. The fraction of sp³-hybridized carbons (Fsp3) is 0.333. The van der Waals surface area contributed by atoms with Gasteiger partial charge in [-0.05, 0) is 30.5 Å². The monoisotopic (exact) mass is 270 g/mol. The first kappa shape index (κ1) is 12.7. The van der Waals surface area contributed by atoms with Gasteiger partial charge in [0.1, 0.15) is 5.82 Å². The third-order valence-corrected chi connectivity index (χ3v) is 3.67. The molecule has 5 nitrogen and oxygen atoms in total. The summed E-state index contributed by atoms with van der Waals surface area (Å²) in [5, 5.41) is 4.14. The first-order chi connectivity index (χ1) is 9.74. The van der Waals surface area contributed by atoms with Crippen LogP contribution in [-0.2, 0) is 13.0 Å². The van der Waals surface area contributed by atoms with Crippen LogP contribution in [0.2, 0.25) is 0 Å². The number of nitrogen functional groups attached to an aromatic ring is 1. The van der Waals surface area contributed by atoms with E-state index in [2.05, 4.69) is 5.10 Å². The van der Waals surface area contributed by atoms with E-state index in [9.17, 15) is 4.79 Å². The van der Waals surface area contributed by atoms with Crippen LogP contribution in [0.4, 0.5) is 5.82 Å². The summed E-state index contributed by atoms with van der Waals surface area (Å²) >= 11 is 0. The van der Waals surface area contributed by atoms with Crippen LogP contribution in [0.25, 0.3) is 0 Å². The van der Waals surface area contributed by atoms with Gasteiger partial charge in [-0.15, -0.1) is 0 Å². The molecule has 0 aliphatic carbocycles.